The lowest BCUT2D eigenvalue weighted by Gasteiger charge is -2.40. The first-order valence-electron chi connectivity index (χ1n) is 9.14. The molecule has 1 heterocycles. The van der Waals surface area contributed by atoms with E-state index in [0.717, 1.165) is 17.8 Å². The number of nitrogens with zero attached hydrogens (tertiary/aromatic N) is 1. The van der Waals surface area contributed by atoms with Crippen LogP contribution in [0.25, 0.3) is 0 Å². The SMILES string of the molecule is C1CCC(CN2CCCC(C3CCCCC3)C2)CC1.Cl. The van der Waals surface area contributed by atoms with Crippen molar-refractivity contribution in [3.63, 3.8) is 0 Å². The van der Waals surface area contributed by atoms with E-state index >= 15 is 0 Å². The first-order chi connectivity index (χ1) is 9.42. The largest absolute Gasteiger partial charge is 0.303 e. The summed E-state index contributed by atoms with van der Waals surface area (Å²) in [6.07, 6.45) is 18.2. The van der Waals surface area contributed by atoms with Crippen LogP contribution in [0, 0.1) is 17.8 Å². The summed E-state index contributed by atoms with van der Waals surface area (Å²) in [7, 11) is 0. The molecule has 118 valence electrons. The molecule has 0 N–H and O–H groups in total. The highest BCUT2D eigenvalue weighted by atomic mass is 35.5. The fourth-order valence-corrected chi connectivity index (χ4v) is 4.98. The van der Waals surface area contributed by atoms with Gasteiger partial charge in [0.15, 0.2) is 0 Å². The minimum Gasteiger partial charge on any atom is -0.303 e. The molecule has 2 saturated carbocycles. The average molecular weight is 300 g/mol. The van der Waals surface area contributed by atoms with E-state index in [9.17, 15) is 0 Å². The van der Waals surface area contributed by atoms with Crippen molar-refractivity contribution in [1.82, 2.24) is 4.90 Å². The van der Waals surface area contributed by atoms with Crippen molar-refractivity contribution in [2.45, 2.75) is 77.0 Å². The van der Waals surface area contributed by atoms with Gasteiger partial charge in [-0.1, -0.05) is 51.4 Å². The lowest BCUT2D eigenvalue weighted by molar-refractivity contribution is 0.0948. The summed E-state index contributed by atoms with van der Waals surface area (Å²) in [5, 5.41) is 0. The molecular formula is C18H34ClN. The molecule has 1 saturated heterocycles. The molecule has 1 unspecified atom stereocenters. The van der Waals surface area contributed by atoms with Crippen molar-refractivity contribution in [3.8, 4) is 0 Å². The monoisotopic (exact) mass is 299 g/mol. The van der Waals surface area contributed by atoms with Crippen molar-refractivity contribution < 1.29 is 0 Å². The third-order valence-electron chi connectivity index (χ3n) is 6.10. The second-order valence-electron chi connectivity index (χ2n) is 7.56. The smallest absolute Gasteiger partial charge is 0.00124 e. The van der Waals surface area contributed by atoms with E-state index in [1.54, 1.807) is 12.8 Å². The number of likely N-dealkylation sites (tertiary alicyclic amines) is 1. The summed E-state index contributed by atoms with van der Waals surface area (Å²) in [5.74, 6) is 3.18. The molecule has 0 aromatic heterocycles. The molecule has 0 radical (unpaired) electrons. The van der Waals surface area contributed by atoms with Crippen LogP contribution < -0.4 is 0 Å². The lowest BCUT2D eigenvalue weighted by atomic mass is 9.76. The van der Waals surface area contributed by atoms with Crippen molar-refractivity contribution in [1.29, 1.82) is 0 Å². The molecule has 3 rings (SSSR count). The van der Waals surface area contributed by atoms with Gasteiger partial charge in [-0.3, -0.25) is 0 Å². The molecule has 0 aromatic carbocycles. The maximum Gasteiger partial charge on any atom is 0.00124 e. The van der Waals surface area contributed by atoms with Crippen molar-refractivity contribution in [2.24, 2.45) is 17.8 Å². The predicted octanol–water partition coefficient (Wildman–Crippen LogP) is 5.28. The zero-order chi connectivity index (χ0) is 12.9. The number of piperidine rings is 1. The van der Waals surface area contributed by atoms with Gasteiger partial charge >= 0.3 is 0 Å². The summed E-state index contributed by atoms with van der Waals surface area (Å²) in [6.45, 7) is 4.28. The summed E-state index contributed by atoms with van der Waals surface area (Å²) < 4.78 is 0. The standard InChI is InChI=1S/C18H33N.ClH/c1-3-8-16(9-4-1)14-19-13-7-12-18(15-19)17-10-5-2-6-11-17;/h16-18H,1-15H2;1H. The molecule has 3 fully saturated rings. The number of halogens is 1. The Morgan fingerprint density at radius 2 is 1.25 bits per heavy atom. The topological polar surface area (TPSA) is 3.24 Å². The van der Waals surface area contributed by atoms with E-state index in [1.807, 2.05) is 0 Å². The highest BCUT2D eigenvalue weighted by Crippen LogP contribution is 2.35. The minimum absolute atomic E-state index is 0. The highest BCUT2D eigenvalue weighted by molar-refractivity contribution is 5.85. The van der Waals surface area contributed by atoms with Crippen LogP contribution in [0.2, 0.25) is 0 Å². The van der Waals surface area contributed by atoms with Gasteiger partial charge < -0.3 is 4.90 Å². The molecule has 0 aromatic rings. The Labute approximate surface area is 132 Å². The molecule has 1 nitrogen and oxygen atoms in total. The molecule has 3 aliphatic rings. The molecule has 2 aliphatic carbocycles. The normalized spacial score (nSPS) is 30.9. The molecule has 0 spiro atoms. The number of rotatable bonds is 3. The van der Waals surface area contributed by atoms with E-state index in [2.05, 4.69) is 4.90 Å². The van der Waals surface area contributed by atoms with Crippen LogP contribution in [0.15, 0.2) is 0 Å². The maximum atomic E-state index is 2.85. The lowest BCUT2D eigenvalue weighted by Crippen LogP contribution is -2.41. The number of hydrogen-bond acceptors (Lipinski definition) is 1. The summed E-state index contributed by atoms with van der Waals surface area (Å²) >= 11 is 0. The van der Waals surface area contributed by atoms with Gasteiger partial charge in [-0.2, -0.15) is 0 Å². The van der Waals surface area contributed by atoms with E-state index < -0.39 is 0 Å². The summed E-state index contributed by atoms with van der Waals surface area (Å²) in [4.78, 5) is 2.85. The van der Waals surface area contributed by atoms with Crippen LogP contribution in [0.1, 0.15) is 77.0 Å². The minimum atomic E-state index is 0. The molecule has 1 atom stereocenters. The Kier molecular flexibility index (Phi) is 7.17. The average Bonchev–Trinajstić information content (AvgIpc) is 2.49. The van der Waals surface area contributed by atoms with Crippen LogP contribution in [0.5, 0.6) is 0 Å². The molecule has 2 heteroatoms. The summed E-state index contributed by atoms with van der Waals surface area (Å²) in [6, 6.07) is 0. The van der Waals surface area contributed by atoms with Gasteiger partial charge in [-0.25, -0.2) is 0 Å². The Bertz CT molecular complexity index is 256. The molecule has 0 bridgehead atoms. The van der Waals surface area contributed by atoms with Gasteiger partial charge in [0.25, 0.3) is 0 Å². The Hall–Kier alpha value is 0.250. The highest BCUT2D eigenvalue weighted by Gasteiger charge is 2.29. The van der Waals surface area contributed by atoms with Crippen LogP contribution in [0.3, 0.4) is 0 Å². The van der Waals surface area contributed by atoms with Gasteiger partial charge in [0.2, 0.25) is 0 Å². The fraction of sp³-hybridized carbons (Fsp3) is 1.00. The van der Waals surface area contributed by atoms with E-state index in [4.69, 9.17) is 0 Å². The van der Waals surface area contributed by atoms with E-state index in [-0.39, 0.29) is 12.4 Å². The first kappa shape index (κ1) is 16.6. The number of hydrogen-bond donors (Lipinski definition) is 0. The van der Waals surface area contributed by atoms with Gasteiger partial charge in [0.05, 0.1) is 0 Å². The molecule has 0 amide bonds. The zero-order valence-electron chi connectivity index (χ0n) is 13.2. The summed E-state index contributed by atoms with van der Waals surface area (Å²) in [5.41, 5.74) is 0. The quantitative estimate of drug-likeness (QED) is 0.685. The predicted molar refractivity (Wildman–Crippen MR) is 89.6 cm³/mol. The molecule has 1 aliphatic heterocycles. The van der Waals surface area contributed by atoms with Crippen LogP contribution in [-0.4, -0.2) is 24.5 Å². The van der Waals surface area contributed by atoms with Gasteiger partial charge in [0, 0.05) is 13.1 Å². The third kappa shape index (κ3) is 4.63. The zero-order valence-corrected chi connectivity index (χ0v) is 14.0. The van der Waals surface area contributed by atoms with Crippen LogP contribution in [-0.2, 0) is 0 Å². The van der Waals surface area contributed by atoms with Crippen molar-refractivity contribution in [2.75, 3.05) is 19.6 Å². The van der Waals surface area contributed by atoms with Gasteiger partial charge in [-0.05, 0) is 50.0 Å². The third-order valence-corrected chi connectivity index (χ3v) is 6.10. The first-order valence-corrected chi connectivity index (χ1v) is 9.14. The van der Waals surface area contributed by atoms with E-state index in [1.165, 1.54) is 83.8 Å². The molecule has 20 heavy (non-hydrogen) atoms. The molecular weight excluding hydrogens is 266 g/mol. The Morgan fingerprint density at radius 1 is 0.650 bits per heavy atom. The Morgan fingerprint density at radius 3 is 1.95 bits per heavy atom. The van der Waals surface area contributed by atoms with Crippen molar-refractivity contribution in [3.05, 3.63) is 0 Å². The van der Waals surface area contributed by atoms with Crippen molar-refractivity contribution >= 4 is 12.4 Å². The van der Waals surface area contributed by atoms with Gasteiger partial charge in [0.1, 0.15) is 0 Å². The van der Waals surface area contributed by atoms with Crippen LogP contribution >= 0.6 is 12.4 Å². The fourth-order valence-electron chi connectivity index (χ4n) is 4.98. The second-order valence-corrected chi connectivity index (χ2v) is 7.56. The van der Waals surface area contributed by atoms with Crippen LogP contribution in [0.4, 0.5) is 0 Å². The second kappa shape index (κ2) is 8.63. The maximum absolute atomic E-state index is 2.85. The van der Waals surface area contributed by atoms with Gasteiger partial charge in [-0.15, -0.1) is 12.4 Å². The Balaban J connectivity index is 0.00000147. The van der Waals surface area contributed by atoms with E-state index in [0.29, 0.717) is 0 Å².